The highest BCUT2D eigenvalue weighted by Crippen LogP contribution is 2.17. The summed E-state index contributed by atoms with van der Waals surface area (Å²) in [6.45, 7) is 3.16. The summed E-state index contributed by atoms with van der Waals surface area (Å²) in [4.78, 5) is 26.2. The lowest BCUT2D eigenvalue weighted by molar-refractivity contribution is -0.138. The van der Waals surface area contributed by atoms with E-state index >= 15 is 0 Å². The van der Waals surface area contributed by atoms with Gasteiger partial charge in [0, 0.05) is 13.1 Å². The van der Waals surface area contributed by atoms with Crippen molar-refractivity contribution in [2.75, 3.05) is 13.1 Å². The van der Waals surface area contributed by atoms with Crippen LogP contribution in [0.25, 0.3) is 10.8 Å². The molecule has 0 unspecified atom stereocenters. The van der Waals surface area contributed by atoms with Gasteiger partial charge in [-0.3, -0.25) is 4.79 Å². The maximum Gasteiger partial charge on any atom is 0.338 e. The SMILES string of the molecule is C[C@@H](OC(=O)c1ccc2ccccc2c1)C(=O)N1CCCC1. The Bertz CT molecular complexity index is 704. The van der Waals surface area contributed by atoms with Gasteiger partial charge in [-0.1, -0.05) is 30.3 Å². The summed E-state index contributed by atoms with van der Waals surface area (Å²) < 4.78 is 5.33. The van der Waals surface area contributed by atoms with Gasteiger partial charge in [-0.2, -0.15) is 0 Å². The number of amides is 1. The first-order chi connectivity index (χ1) is 10.6. The van der Waals surface area contributed by atoms with Gasteiger partial charge in [0.25, 0.3) is 5.91 Å². The highest BCUT2D eigenvalue weighted by Gasteiger charge is 2.26. The number of nitrogens with zero attached hydrogens (tertiary/aromatic N) is 1. The molecule has 0 N–H and O–H groups in total. The molecule has 0 saturated carbocycles. The normalized spacial score (nSPS) is 15.8. The molecule has 114 valence electrons. The van der Waals surface area contributed by atoms with Gasteiger partial charge in [-0.25, -0.2) is 4.79 Å². The highest BCUT2D eigenvalue weighted by atomic mass is 16.5. The zero-order chi connectivity index (χ0) is 15.5. The van der Waals surface area contributed by atoms with E-state index in [0.29, 0.717) is 5.56 Å². The number of fused-ring (bicyclic) bond motifs is 1. The molecule has 1 aliphatic rings. The fraction of sp³-hybridized carbons (Fsp3) is 0.333. The topological polar surface area (TPSA) is 46.6 Å². The van der Waals surface area contributed by atoms with E-state index in [0.717, 1.165) is 36.7 Å². The first-order valence-electron chi connectivity index (χ1n) is 7.64. The number of hydrogen-bond acceptors (Lipinski definition) is 3. The monoisotopic (exact) mass is 297 g/mol. The van der Waals surface area contributed by atoms with Crippen LogP contribution in [0.5, 0.6) is 0 Å². The summed E-state index contributed by atoms with van der Waals surface area (Å²) in [6, 6.07) is 13.2. The van der Waals surface area contributed by atoms with Crippen molar-refractivity contribution < 1.29 is 14.3 Å². The molecule has 3 rings (SSSR count). The maximum atomic E-state index is 12.2. The Morgan fingerprint density at radius 3 is 2.45 bits per heavy atom. The van der Waals surface area contributed by atoms with Crippen molar-refractivity contribution in [2.24, 2.45) is 0 Å². The molecule has 1 amide bonds. The molecule has 4 nitrogen and oxygen atoms in total. The minimum absolute atomic E-state index is 0.105. The predicted octanol–water partition coefficient (Wildman–Crippen LogP) is 3.01. The molecule has 1 heterocycles. The standard InChI is InChI=1S/C18H19NO3/c1-13(17(20)19-10-4-5-11-19)22-18(21)16-9-8-14-6-2-3-7-15(14)12-16/h2-3,6-9,12-13H,4-5,10-11H2,1H3/t13-/m1/s1. The van der Waals surface area contributed by atoms with Crippen LogP contribution in [0.1, 0.15) is 30.1 Å². The number of hydrogen-bond donors (Lipinski definition) is 0. The molecule has 2 aromatic rings. The summed E-state index contributed by atoms with van der Waals surface area (Å²) in [5.41, 5.74) is 0.472. The third-order valence-corrected chi connectivity index (χ3v) is 4.03. The van der Waals surface area contributed by atoms with Crippen LogP contribution < -0.4 is 0 Å². The second-order valence-corrected chi connectivity index (χ2v) is 5.64. The summed E-state index contributed by atoms with van der Waals surface area (Å²) in [7, 11) is 0. The van der Waals surface area contributed by atoms with Gasteiger partial charge in [0.2, 0.25) is 0 Å². The number of ether oxygens (including phenoxy) is 1. The van der Waals surface area contributed by atoms with Crippen LogP contribution in [-0.2, 0) is 9.53 Å². The van der Waals surface area contributed by atoms with Gasteiger partial charge in [0.15, 0.2) is 6.10 Å². The Balaban J connectivity index is 1.70. The van der Waals surface area contributed by atoms with Crippen LogP contribution >= 0.6 is 0 Å². The summed E-state index contributed by atoms with van der Waals surface area (Å²) in [6.07, 6.45) is 1.31. The van der Waals surface area contributed by atoms with Gasteiger partial charge in [0.05, 0.1) is 5.56 Å². The quantitative estimate of drug-likeness (QED) is 0.818. The molecule has 1 fully saturated rings. The van der Waals surface area contributed by atoms with E-state index in [1.807, 2.05) is 30.3 Å². The van der Waals surface area contributed by atoms with Crippen LogP contribution in [-0.4, -0.2) is 36.0 Å². The van der Waals surface area contributed by atoms with Crippen molar-refractivity contribution in [1.82, 2.24) is 4.90 Å². The number of likely N-dealkylation sites (tertiary alicyclic amines) is 1. The van der Waals surface area contributed by atoms with Crippen LogP contribution in [0, 0.1) is 0 Å². The number of carbonyl (C=O) groups excluding carboxylic acids is 2. The molecule has 0 aliphatic carbocycles. The summed E-state index contributed by atoms with van der Waals surface area (Å²) >= 11 is 0. The number of benzene rings is 2. The van der Waals surface area contributed by atoms with Crippen LogP contribution in [0.4, 0.5) is 0 Å². The smallest absolute Gasteiger partial charge is 0.338 e. The fourth-order valence-corrected chi connectivity index (χ4v) is 2.79. The Labute approximate surface area is 129 Å². The first kappa shape index (κ1) is 14.6. The lowest BCUT2D eigenvalue weighted by Crippen LogP contribution is -2.38. The van der Waals surface area contributed by atoms with Crippen LogP contribution in [0.3, 0.4) is 0 Å². The summed E-state index contributed by atoms with van der Waals surface area (Å²) in [5.74, 6) is -0.558. The minimum Gasteiger partial charge on any atom is -0.449 e. The molecule has 0 bridgehead atoms. The van der Waals surface area contributed by atoms with Gasteiger partial charge in [-0.05, 0) is 42.7 Å². The molecule has 0 spiro atoms. The van der Waals surface area contributed by atoms with Gasteiger partial charge >= 0.3 is 5.97 Å². The predicted molar refractivity (Wildman–Crippen MR) is 84.6 cm³/mol. The fourth-order valence-electron chi connectivity index (χ4n) is 2.79. The molecular formula is C18H19NO3. The van der Waals surface area contributed by atoms with E-state index in [1.165, 1.54) is 0 Å². The van der Waals surface area contributed by atoms with E-state index in [9.17, 15) is 9.59 Å². The average Bonchev–Trinajstić information content (AvgIpc) is 3.08. The second-order valence-electron chi connectivity index (χ2n) is 5.64. The molecule has 22 heavy (non-hydrogen) atoms. The zero-order valence-electron chi connectivity index (χ0n) is 12.6. The van der Waals surface area contributed by atoms with Crippen molar-refractivity contribution in [3.05, 3.63) is 48.0 Å². The van der Waals surface area contributed by atoms with Crippen molar-refractivity contribution >= 4 is 22.6 Å². The molecular weight excluding hydrogens is 278 g/mol. The largest absolute Gasteiger partial charge is 0.449 e. The van der Waals surface area contributed by atoms with E-state index in [-0.39, 0.29) is 5.91 Å². The van der Waals surface area contributed by atoms with Gasteiger partial charge < -0.3 is 9.64 Å². The van der Waals surface area contributed by atoms with E-state index in [4.69, 9.17) is 4.74 Å². The second kappa shape index (κ2) is 6.18. The van der Waals surface area contributed by atoms with E-state index < -0.39 is 12.1 Å². The lowest BCUT2D eigenvalue weighted by atomic mass is 10.1. The van der Waals surface area contributed by atoms with Crippen LogP contribution in [0.15, 0.2) is 42.5 Å². The number of rotatable bonds is 3. The van der Waals surface area contributed by atoms with Gasteiger partial charge in [-0.15, -0.1) is 0 Å². The molecule has 0 radical (unpaired) electrons. The van der Waals surface area contributed by atoms with E-state index in [1.54, 1.807) is 24.0 Å². The third-order valence-electron chi connectivity index (χ3n) is 4.03. The van der Waals surface area contributed by atoms with Crippen molar-refractivity contribution in [3.63, 3.8) is 0 Å². The Kier molecular flexibility index (Phi) is 4.09. The van der Waals surface area contributed by atoms with Gasteiger partial charge in [0.1, 0.15) is 0 Å². The molecule has 1 saturated heterocycles. The molecule has 0 aromatic heterocycles. The average molecular weight is 297 g/mol. The Hall–Kier alpha value is -2.36. The molecule has 2 aromatic carbocycles. The zero-order valence-corrected chi connectivity index (χ0v) is 12.6. The lowest BCUT2D eigenvalue weighted by Gasteiger charge is -2.20. The first-order valence-corrected chi connectivity index (χ1v) is 7.64. The molecule has 4 heteroatoms. The third kappa shape index (κ3) is 2.96. The van der Waals surface area contributed by atoms with E-state index in [2.05, 4.69) is 0 Å². The Morgan fingerprint density at radius 2 is 1.73 bits per heavy atom. The number of esters is 1. The highest BCUT2D eigenvalue weighted by molar-refractivity contribution is 5.96. The minimum atomic E-state index is -0.739. The summed E-state index contributed by atoms with van der Waals surface area (Å²) in [5, 5.41) is 2.05. The molecule has 1 atom stereocenters. The Morgan fingerprint density at radius 1 is 1.05 bits per heavy atom. The maximum absolute atomic E-state index is 12.2. The molecule has 1 aliphatic heterocycles. The van der Waals surface area contributed by atoms with Crippen molar-refractivity contribution in [1.29, 1.82) is 0 Å². The van der Waals surface area contributed by atoms with Crippen LogP contribution in [0.2, 0.25) is 0 Å². The van der Waals surface area contributed by atoms with Crippen molar-refractivity contribution in [3.8, 4) is 0 Å². The number of carbonyl (C=O) groups is 2. The van der Waals surface area contributed by atoms with Crippen molar-refractivity contribution in [2.45, 2.75) is 25.9 Å².